The second kappa shape index (κ2) is 3.01. The number of carbonyl (C=O) groups excluding carboxylic acids is 1. The summed E-state index contributed by atoms with van der Waals surface area (Å²) < 4.78 is 4.53. The fraction of sp³-hybridized carbons (Fsp3) is 0.778. The van der Waals surface area contributed by atoms with Gasteiger partial charge in [0.1, 0.15) is 0 Å². The lowest BCUT2D eigenvalue weighted by Gasteiger charge is -2.15. The molecular weight excluding hydrogens is 172 g/mol. The summed E-state index contributed by atoms with van der Waals surface area (Å²) >= 11 is 0. The van der Waals surface area contributed by atoms with Crippen LogP contribution in [-0.2, 0) is 14.3 Å². The molecule has 0 bridgehead atoms. The molecule has 0 spiro atoms. The van der Waals surface area contributed by atoms with Crippen molar-refractivity contribution in [2.24, 2.45) is 17.3 Å². The summed E-state index contributed by atoms with van der Waals surface area (Å²) in [6, 6.07) is 0. The summed E-state index contributed by atoms with van der Waals surface area (Å²) in [6.07, 6.45) is 0.409. The second-order valence-electron chi connectivity index (χ2n) is 3.78. The number of ether oxygens (including phenoxy) is 1. The van der Waals surface area contributed by atoms with Crippen molar-refractivity contribution in [2.45, 2.75) is 20.3 Å². The van der Waals surface area contributed by atoms with Crippen LogP contribution in [0.4, 0.5) is 0 Å². The van der Waals surface area contributed by atoms with Crippen molar-refractivity contribution in [1.82, 2.24) is 0 Å². The number of hydrogen-bond acceptors (Lipinski definition) is 3. The summed E-state index contributed by atoms with van der Waals surface area (Å²) in [7, 11) is 1.29. The van der Waals surface area contributed by atoms with Crippen LogP contribution in [0.25, 0.3) is 0 Å². The van der Waals surface area contributed by atoms with E-state index in [1.165, 1.54) is 7.11 Å². The van der Waals surface area contributed by atoms with Crippen LogP contribution in [0.2, 0.25) is 0 Å². The molecule has 1 saturated carbocycles. The fourth-order valence-electron chi connectivity index (χ4n) is 1.84. The third kappa shape index (κ3) is 1.30. The molecule has 4 nitrogen and oxygen atoms in total. The van der Waals surface area contributed by atoms with E-state index in [2.05, 4.69) is 4.74 Å². The number of carboxylic acids is 1. The number of esters is 1. The van der Waals surface area contributed by atoms with Crippen LogP contribution in [0, 0.1) is 17.3 Å². The molecule has 0 radical (unpaired) electrons. The van der Waals surface area contributed by atoms with Crippen molar-refractivity contribution in [3.63, 3.8) is 0 Å². The number of aliphatic carboxylic acids is 1. The number of rotatable bonds is 3. The lowest BCUT2D eigenvalue weighted by atomic mass is 9.90. The highest BCUT2D eigenvalue weighted by Gasteiger charge is 2.66. The zero-order chi connectivity index (χ0) is 10.2. The van der Waals surface area contributed by atoms with Crippen molar-refractivity contribution >= 4 is 11.9 Å². The largest absolute Gasteiger partial charge is 0.481 e. The van der Waals surface area contributed by atoms with E-state index in [4.69, 9.17) is 5.11 Å². The Hall–Kier alpha value is -1.06. The van der Waals surface area contributed by atoms with Gasteiger partial charge in [-0.3, -0.25) is 9.59 Å². The molecule has 1 aliphatic rings. The SMILES string of the molecule is COC(=O)[C@@H]1C[C@@]1(C(=O)O)C(C)C. The van der Waals surface area contributed by atoms with E-state index in [1.54, 1.807) is 0 Å². The van der Waals surface area contributed by atoms with E-state index in [9.17, 15) is 9.59 Å². The smallest absolute Gasteiger partial charge is 0.310 e. The van der Waals surface area contributed by atoms with Gasteiger partial charge in [0.05, 0.1) is 18.4 Å². The van der Waals surface area contributed by atoms with E-state index >= 15 is 0 Å². The van der Waals surface area contributed by atoms with Crippen LogP contribution in [0.5, 0.6) is 0 Å². The van der Waals surface area contributed by atoms with Crippen LogP contribution in [0.1, 0.15) is 20.3 Å². The van der Waals surface area contributed by atoms with Gasteiger partial charge in [-0.15, -0.1) is 0 Å². The van der Waals surface area contributed by atoms with Crippen LogP contribution >= 0.6 is 0 Å². The molecule has 0 aromatic carbocycles. The molecule has 1 fully saturated rings. The molecular formula is C9H14O4. The Bertz CT molecular complexity index is 246. The molecule has 0 aromatic heterocycles. The minimum Gasteiger partial charge on any atom is -0.481 e. The molecule has 13 heavy (non-hydrogen) atoms. The predicted octanol–water partition coefficient (Wildman–Crippen LogP) is 0.906. The van der Waals surface area contributed by atoms with Crippen LogP contribution in [0.15, 0.2) is 0 Å². The van der Waals surface area contributed by atoms with Gasteiger partial charge in [-0.05, 0) is 12.3 Å². The lowest BCUT2D eigenvalue weighted by molar-refractivity contribution is -0.152. The Kier molecular flexibility index (Phi) is 2.32. The Morgan fingerprint density at radius 1 is 1.54 bits per heavy atom. The summed E-state index contributed by atoms with van der Waals surface area (Å²) in [4.78, 5) is 22.1. The average molecular weight is 186 g/mol. The second-order valence-corrected chi connectivity index (χ2v) is 3.78. The minimum atomic E-state index is -0.891. The zero-order valence-corrected chi connectivity index (χ0v) is 8.03. The normalized spacial score (nSPS) is 31.5. The van der Waals surface area contributed by atoms with E-state index < -0.39 is 23.3 Å². The Balaban J connectivity index is 2.79. The van der Waals surface area contributed by atoms with E-state index in [0.717, 1.165) is 0 Å². The van der Waals surface area contributed by atoms with E-state index in [-0.39, 0.29) is 5.92 Å². The minimum absolute atomic E-state index is 0.0332. The Morgan fingerprint density at radius 2 is 2.08 bits per heavy atom. The van der Waals surface area contributed by atoms with Gasteiger partial charge in [0.2, 0.25) is 0 Å². The van der Waals surface area contributed by atoms with Gasteiger partial charge in [0.15, 0.2) is 0 Å². The highest BCUT2D eigenvalue weighted by atomic mass is 16.5. The molecule has 1 N–H and O–H groups in total. The van der Waals surface area contributed by atoms with Gasteiger partial charge in [-0.2, -0.15) is 0 Å². The highest BCUT2D eigenvalue weighted by Crippen LogP contribution is 2.58. The first-order chi connectivity index (χ1) is 5.96. The average Bonchev–Trinajstić information content (AvgIpc) is 2.78. The van der Waals surface area contributed by atoms with E-state index in [1.807, 2.05) is 13.8 Å². The molecule has 0 aromatic rings. The molecule has 0 aliphatic heterocycles. The van der Waals surface area contributed by atoms with Crippen molar-refractivity contribution in [3.05, 3.63) is 0 Å². The first-order valence-corrected chi connectivity index (χ1v) is 4.28. The quantitative estimate of drug-likeness (QED) is 0.665. The third-order valence-electron chi connectivity index (χ3n) is 2.92. The van der Waals surface area contributed by atoms with Gasteiger partial charge in [-0.1, -0.05) is 13.8 Å². The number of carboxylic acid groups (broad SMARTS) is 1. The summed E-state index contributed by atoms with van der Waals surface area (Å²) in [5.74, 6) is -1.78. The first kappa shape index (κ1) is 10.0. The van der Waals surface area contributed by atoms with Crippen LogP contribution in [-0.4, -0.2) is 24.2 Å². The topological polar surface area (TPSA) is 63.6 Å². The molecule has 0 unspecified atom stereocenters. The molecule has 2 atom stereocenters. The van der Waals surface area contributed by atoms with E-state index in [0.29, 0.717) is 6.42 Å². The molecule has 1 rings (SSSR count). The van der Waals surface area contributed by atoms with Crippen LogP contribution < -0.4 is 0 Å². The summed E-state index contributed by atoms with van der Waals surface area (Å²) in [6.45, 7) is 3.63. The molecule has 0 saturated heterocycles. The van der Waals surface area contributed by atoms with Crippen molar-refractivity contribution in [1.29, 1.82) is 0 Å². The summed E-state index contributed by atoms with van der Waals surface area (Å²) in [5, 5.41) is 8.98. The first-order valence-electron chi connectivity index (χ1n) is 4.28. The lowest BCUT2D eigenvalue weighted by Crippen LogP contribution is -2.26. The maximum Gasteiger partial charge on any atom is 0.310 e. The number of methoxy groups -OCH3 is 1. The van der Waals surface area contributed by atoms with Crippen molar-refractivity contribution < 1.29 is 19.4 Å². The zero-order valence-electron chi connectivity index (χ0n) is 8.03. The third-order valence-corrected chi connectivity index (χ3v) is 2.92. The Morgan fingerprint density at radius 3 is 2.31 bits per heavy atom. The molecule has 1 aliphatic carbocycles. The maximum absolute atomic E-state index is 11.1. The number of hydrogen-bond donors (Lipinski definition) is 1. The maximum atomic E-state index is 11.1. The van der Waals surface area contributed by atoms with Gasteiger partial charge in [0, 0.05) is 0 Å². The summed E-state index contributed by atoms with van der Waals surface area (Å²) in [5.41, 5.74) is -0.868. The molecule has 4 heteroatoms. The van der Waals surface area contributed by atoms with Gasteiger partial charge >= 0.3 is 11.9 Å². The van der Waals surface area contributed by atoms with Gasteiger partial charge in [0.25, 0.3) is 0 Å². The Labute approximate surface area is 76.9 Å². The van der Waals surface area contributed by atoms with Crippen molar-refractivity contribution in [2.75, 3.05) is 7.11 Å². The van der Waals surface area contributed by atoms with Crippen molar-refractivity contribution in [3.8, 4) is 0 Å². The van der Waals surface area contributed by atoms with Gasteiger partial charge in [-0.25, -0.2) is 0 Å². The monoisotopic (exact) mass is 186 g/mol. The predicted molar refractivity (Wildman–Crippen MR) is 45.0 cm³/mol. The number of carbonyl (C=O) groups is 2. The molecule has 0 amide bonds. The standard InChI is InChI=1S/C9H14O4/c1-5(2)9(8(11)12)4-6(9)7(10)13-3/h5-6H,4H2,1-3H3,(H,11,12)/t6-,9+/m0/s1. The highest BCUT2D eigenvalue weighted by molar-refractivity contribution is 5.90. The molecule has 74 valence electrons. The fourth-order valence-corrected chi connectivity index (χ4v) is 1.84. The molecule has 0 heterocycles. The van der Waals surface area contributed by atoms with Gasteiger partial charge < -0.3 is 9.84 Å². The van der Waals surface area contributed by atoms with Crippen LogP contribution in [0.3, 0.4) is 0 Å².